The number of rotatable bonds is 1. The SMILES string of the molecule is CN(C)C(=O)[C@@H]1CC(O)CN1N. The summed E-state index contributed by atoms with van der Waals surface area (Å²) in [5.74, 6) is 5.49. The number of aliphatic hydroxyl groups is 1. The van der Waals surface area contributed by atoms with Crippen molar-refractivity contribution in [2.75, 3.05) is 20.6 Å². The largest absolute Gasteiger partial charge is 0.392 e. The van der Waals surface area contributed by atoms with Gasteiger partial charge in [-0.1, -0.05) is 0 Å². The molecule has 0 aromatic carbocycles. The lowest BCUT2D eigenvalue weighted by Crippen LogP contribution is -2.46. The van der Waals surface area contributed by atoms with Gasteiger partial charge >= 0.3 is 0 Å². The third kappa shape index (κ3) is 1.74. The molecule has 1 amide bonds. The first-order valence-electron chi connectivity index (χ1n) is 3.93. The Labute approximate surface area is 71.7 Å². The molecule has 1 aliphatic rings. The zero-order valence-electron chi connectivity index (χ0n) is 7.40. The molecule has 0 spiro atoms. The summed E-state index contributed by atoms with van der Waals surface area (Å²) >= 11 is 0. The van der Waals surface area contributed by atoms with Crippen molar-refractivity contribution in [1.82, 2.24) is 9.91 Å². The lowest BCUT2D eigenvalue weighted by molar-refractivity contribution is -0.133. The predicted octanol–water partition coefficient (Wildman–Crippen LogP) is -1.62. The smallest absolute Gasteiger partial charge is 0.240 e. The molecule has 5 heteroatoms. The molecule has 5 nitrogen and oxygen atoms in total. The fourth-order valence-corrected chi connectivity index (χ4v) is 1.38. The Morgan fingerprint density at radius 1 is 1.67 bits per heavy atom. The lowest BCUT2D eigenvalue weighted by Gasteiger charge is -2.21. The second kappa shape index (κ2) is 3.38. The minimum absolute atomic E-state index is 0.0472. The molecular formula is C7H15N3O2. The maximum atomic E-state index is 11.4. The highest BCUT2D eigenvalue weighted by Crippen LogP contribution is 2.15. The van der Waals surface area contributed by atoms with Gasteiger partial charge < -0.3 is 10.0 Å². The lowest BCUT2D eigenvalue weighted by atomic mass is 10.2. The van der Waals surface area contributed by atoms with Crippen molar-refractivity contribution in [3.05, 3.63) is 0 Å². The van der Waals surface area contributed by atoms with E-state index in [4.69, 9.17) is 5.84 Å². The van der Waals surface area contributed by atoms with Crippen LogP contribution in [0.1, 0.15) is 6.42 Å². The van der Waals surface area contributed by atoms with Crippen molar-refractivity contribution in [3.8, 4) is 0 Å². The Hall–Kier alpha value is -0.650. The zero-order valence-corrected chi connectivity index (χ0v) is 7.40. The number of nitrogens with two attached hydrogens (primary N) is 1. The number of hydrogen-bond donors (Lipinski definition) is 2. The van der Waals surface area contributed by atoms with E-state index in [-0.39, 0.29) is 11.9 Å². The summed E-state index contributed by atoms with van der Waals surface area (Å²) in [5, 5.41) is 10.6. The highest BCUT2D eigenvalue weighted by molar-refractivity contribution is 5.81. The monoisotopic (exact) mass is 173 g/mol. The van der Waals surface area contributed by atoms with Gasteiger partial charge in [0.1, 0.15) is 6.04 Å². The quantitative estimate of drug-likeness (QED) is 0.468. The van der Waals surface area contributed by atoms with Crippen molar-refractivity contribution in [2.45, 2.75) is 18.6 Å². The predicted molar refractivity (Wildman–Crippen MR) is 44.0 cm³/mol. The van der Waals surface area contributed by atoms with Crippen LogP contribution >= 0.6 is 0 Å². The second-order valence-electron chi connectivity index (χ2n) is 3.33. The number of carbonyl (C=O) groups excluding carboxylic acids is 1. The van der Waals surface area contributed by atoms with E-state index in [0.717, 1.165) is 0 Å². The van der Waals surface area contributed by atoms with Crippen LogP contribution in [0.15, 0.2) is 0 Å². The molecule has 70 valence electrons. The van der Waals surface area contributed by atoms with Gasteiger partial charge in [0, 0.05) is 27.1 Å². The standard InChI is InChI=1S/C7H15N3O2/c1-9(2)7(12)6-3-5(11)4-10(6)8/h5-6,11H,3-4,8H2,1-2H3/t5?,6-/m0/s1. The summed E-state index contributed by atoms with van der Waals surface area (Å²) in [5.41, 5.74) is 0. The van der Waals surface area contributed by atoms with Gasteiger partial charge in [0.05, 0.1) is 6.10 Å². The molecule has 3 N–H and O–H groups in total. The van der Waals surface area contributed by atoms with Crippen LogP contribution in [0.3, 0.4) is 0 Å². The van der Waals surface area contributed by atoms with E-state index < -0.39 is 6.10 Å². The summed E-state index contributed by atoms with van der Waals surface area (Å²) in [7, 11) is 3.36. The van der Waals surface area contributed by atoms with Gasteiger partial charge in [-0.05, 0) is 0 Å². The maximum absolute atomic E-state index is 11.4. The molecule has 0 aromatic heterocycles. The number of hydrogen-bond acceptors (Lipinski definition) is 4. The average molecular weight is 173 g/mol. The molecule has 1 unspecified atom stereocenters. The Morgan fingerprint density at radius 3 is 2.58 bits per heavy atom. The topological polar surface area (TPSA) is 69.8 Å². The van der Waals surface area contributed by atoms with Gasteiger partial charge in [-0.25, -0.2) is 5.01 Å². The number of nitrogens with zero attached hydrogens (tertiary/aromatic N) is 2. The molecule has 0 aromatic rings. The van der Waals surface area contributed by atoms with Crippen LogP contribution in [0.4, 0.5) is 0 Å². The van der Waals surface area contributed by atoms with Gasteiger partial charge in [-0.2, -0.15) is 0 Å². The zero-order chi connectivity index (χ0) is 9.30. The molecule has 0 saturated carbocycles. The van der Waals surface area contributed by atoms with E-state index in [1.807, 2.05) is 0 Å². The third-order valence-corrected chi connectivity index (χ3v) is 2.04. The summed E-state index contributed by atoms with van der Waals surface area (Å²) in [6.45, 7) is 0.379. The minimum atomic E-state index is -0.469. The molecule has 12 heavy (non-hydrogen) atoms. The normalized spacial score (nSPS) is 30.7. The van der Waals surface area contributed by atoms with Crippen LogP contribution in [0, 0.1) is 0 Å². The molecule has 0 bridgehead atoms. The summed E-state index contributed by atoms with van der Waals surface area (Å²) in [6, 6.07) is -0.352. The van der Waals surface area contributed by atoms with Gasteiger partial charge in [-0.15, -0.1) is 0 Å². The number of aliphatic hydroxyl groups excluding tert-OH is 1. The van der Waals surface area contributed by atoms with E-state index >= 15 is 0 Å². The number of likely N-dealkylation sites (N-methyl/N-ethyl adjacent to an activating group) is 1. The molecule has 1 aliphatic heterocycles. The molecule has 1 heterocycles. The fraction of sp³-hybridized carbons (Fsp3) is 0.857. The first-order chi connectivity index (χ1) is 5.52. The van der Waals surface area contributed by atoms with Crippen molar-refractivity contribution in [2.24, 2.45) is 5.84 Å². The molecule has 1 rings (SSSR count). The average Bonchev–Trinajstić information content (AvgIpc) is 2.28. The number of β-amino-alcohol motifs (C(OH)–C–C–N with tert-alkyl or cyclic N) is 1. The van der Waals surface area contributed by atoms with E-state index in [2.05, 4.69) is 0 Å². The molecular weight excluding hydrogens is 158 g/mol. The Balaban J connectivity index is 2.58. The van der Waals surface area contributed by atoms with E-state index in [1.165, 1.54) is 9.91 Å². The number of carbonyl (C=O) groups is 1. The molecule has 1 saturated heterocycles. The van der Waals surface area contributed by atoms with Gasteiger partial charge in [0.15, 0.2) is 0 Å². The fourth-order valence-electron chi connectivity index (χ4n) is 1.38. The van der Waals surface area contributed by atoms with Gasteiger partial charge in [0.2, 0.25) is 5.91 Å². The van der Waals surface area contributed by atoms with Gasteiger partial charge in [-0.3, -0.25) is 10.6 Å². The van der Waals surface area contributed by atoms with E-state index in [0.29, 0.717) is 13.0 Å². The van der Waals surface area contributed by atoms with Crippen LogP contribution < -0.4 is 5.84 Å². The minimum Gasteiger partial charge on any atom is -0.392 e. The van der Waals surface area contributed by atoms with E-state index in [1.54, 1.807) is 14.1 Å². The first kappa shape index (κ1) is 9.44. The second-order valence-corrected chi connectivity index (χ2v) is 3.33. The van der Waals surface area contributed by atoms with Crippen molar-refractivity contribution >= 4 is 5.91 Å². The van der Waals surface area contributed by atoms with Crippen LogP contribution in [0.2, 0.25) is 0 Å². The Kier molecular flexibility index (Phi) is 2.66. The summed E-state index contributed by atoms with van der Waals surface area (Å²) in [4.78, 5) is 12.9. The van der Waals surface area contributed by atoms with Crippen molar-refractivity contribution in [3.63, 3.8) is 0 Å². The number of amides is 1. The summed E-state index contributed by atoms with van der Waals surface area (Å²) in [6.07, 6.45) is -0.0306. The Morgan fingerprint density at radius 2 is 2.25 bits per heavy atom. The number of hydrazine groups is 1. The van der Waals surface area contributed by atoms with Crippen LogP contribution in [0.25, 0.3) is 0 Å². The highest BCUT2D eigenvalue weighted by Gasteiger charge is 2.34. The van der Waals surface area contributed by atoms with Crippen LogP contribution in [0.5, 0.6) is 0 Å². The van der Waals surface area contributed by atoms with Crippen molar-refractivity contribution in [1.29, 1.82) is 0 Å². The van der Waals surface area contributed by atoms with E-state index in [9.17, 15) is 9.90 Å². The maximum Gasteiger partial charge on any atom is 0.240 e. The third-order valence-electron chi connectivity index (χ3n) is 2.04. The Bertz CT molecular complexity index is 183. The van der Waals surface area contributed by atoms with Crippen LogP contribution in [-0.2, 0) is 4.79 Å². The summed E-state index contributed by atoms with van der Waals surface area (Å²) < 4.78 is 0. The molecule has 0 radical (unpaired) electrons. The van der Waals surface area contributed by atoms with Crippen molar-refractivity contribution < 1.29 is 9.90 Å². The van der Waals surface area contributed by atoms with Gasteiger partial charge in [0.25, 0.3) is 0 Å². The first-order valence-corrected chi connectivity index (χ1v) is 3.93. The highest BCUT2D eigenvalue weighted by atomic mass is 16.3. The molecule has 0 aliphatic carbocycles. The molecule has 1 fully saturated rings. The van der Waals surface area contributed by atoms with Crippen LogP contribution in [-0.4, -0.2) is 53.7 Å². The molecule has 2 atom stereocenters.